The molecule has 0 aliphatic heterocycles. The van der Waals surface area contributed by atoms with Crippen LogP contribution in [0, 0.1) is 11.3 Å². The van der Waals surface area contributed by atoms with E-state index in [2.05, 4.69) is 6.07 Å². The van der Waals surface area contributed by atoms with E-state index in [4.69, 9.17) is 22.0 Å². The van der Waals surface area contributed by atoms with E-state index in [1.807, 2.05) is 0 Å². The summed E-state index contributed by atoms with van der Waals surface area (Å²) in [5.74, 6) is -0.998. The second kappa shape index (κ2) is 3.25. The van der Waals surface area contributed by atoms with Gasteiger partial charge in [-0.15, -0.1) is 0 Å². The molecule has 1 N–H and O–H groups in total. The number of halogens is 1. The van der Waals surface area contributed by atoms with E-state index in [-0.39, 0.29) is 5.56 Å². The highest BCUT2D eigenvalue weighted by molar-refractivity contribution is 6.31. The van der Waals surface area contributed by atoms with E-state index in [1.165, 1.54) is 18.2 Å². The van der Waals surface area contributed by atoms with E-state index >= 15 is 0 Å². The monoisotopic (exact) mass is 221 g/mol. The maximum absolute atomic E-state index is 10.8. The minimum atomic E-state index is -0.998. The topological polar surface area (TPSA) is 61.1 Å². The molecule has 1 saturated carbocycles. The summed E-state index contributed by atoms with van der Waals surface area (Å²) in [5, 5.41) is 18.3. The molecule has 1 fully saturated rings. The molecule has 1 aliphatic carbocycles. The van der Waals surface area contributed by atoms with Crippen LogP contribution in [0.25, 0.3) is 0 Å². The minimum absolute atomic E-state index is 0.177. The Balaban J connectivity index is 2.52. The Labute approximate surface area is 91.9 Å². The van der Waals surface area contributed by atoms with Crippen LogP contribution in [0.1, 0.15) is 28.8 Å². The molecule has 0 unspecified atom stereocenters. The van der Waals surface area contributed by atoms with Crippen molar-refractivity contribution < 1.29 is 9.90 Å². The van der Waals surface area contributed by atoms with Gasteiger partial charge in [0.25, 0.3) is 0 Å². The first-order valence-corrected chi connectivity index (χ1v) is 4.91. The number of rotatable bonds is 2. The van der Waals surface area contributed by atoms with Crippen LogP contribution >= 0.6 is 11.6 Å². The second-order valence-electron chi connectivity index (χ2n) is 3.69. The molecule has 0 radical (unpaired) electrons. The van der Waals surface area contributed by atoms with Crippen LogP contribution in [0.4, 0.5) is 0 Å². The number of nitriles is 1. The highest BCUT2D eigenvalue weighted by Crippen LogP contribution is 2.50. The van der Waals surface area contributed by atoms with E-state index in [0.29, 0.717) is 10.6 Å². The van der Waals surface area contributed by atoms with Gasteiger partial charge >= 0.3 is 5.97 Å². The number of aromatic carboxylic acids is 1. The van der Waals surface area contributed by atoms with Crippen molar-refractivity contribution in [2.45, 2.75) is 18.3 Å². The normalized spacial score (nSPS) is 16.8. The van der Waals surface area contributed by atoms with Gasteiger partial charge in [0.15, 0.2) is 0 Å². The molecule has 0 spiro atoms. The predicted octanol–water partition coefficient (Wildman–Crippen LogP) is 2.59. The number of benzene rings is 1. The van der Waals surface area contributed by atoms with Crippen LogP contribution < -0.4 is 0 Å². The zero-order valence-electron chi connectivity index (χ0n) is 7.83. The van der Waals surface area contributed by atoms with E-state index in [0.717, 1.165) is 12.8 Å². The van der Waals surface area contributed by atoms with Gasteiger partial charge in [0.2, 0.25) is 0 Å². The molecule has 0 aromatic heterocycles. The molecule has 1 aliphatic rings. The van der Waals surface area contributed by atoms with E-state index in [1.54, 1.807) is 0 Å². The standard InChI is InChI=1S/C11H8ClNO2/c12-9-2-1-7(10(14)15)5-8(9)11(6-13)3-4-11/h1-2,5H,3-4H2,(H,14,15). The lowest BCUT2D eigenvalue weighted by Gasteiger charge is -2.09. The smallest absolute Gasteiger partial charge is 0.335 e. The van der Waals surface area contributed by atoms with Gasteiger partial charge in [-0.25, -0.2) is 4.79 Å². The maximum atomic E-state index is 10.8. The maximum Gasteiger partial charge on any atom is 0.335 e. The first kappa shape index (κ1) is 10.0. The van der Waals surface area contributed by atoms with Gasteiger partial charge < -0.3 is 5.11 Å². The third kappa shape index (κ3) is 1.57. The van der Waals surface area contributed by atoms with Gasteiger partial charge in [-0.1, -0.05) is 11.6 Å². The van der Waals surface area contributed by atoms with Gasteiger partial charge in [-0.05, 0) is 36.6 Å². The summed E-state index contributed by atoms with van der Waals surface area (Å²) in [4.78, 5) is 10.8. The predicted molar refractivity (Wildman–Crippen MR) is 54.9 cm³/mol. The van der Waals surface area contributed by atoms with Gasteiger partial charge in [0.05, 0.1) is 17.0 Å². The number of carboxylic acids is 1. The van der Waals surface area contributed by atoms with Crippen LogP contribution in [0.3, 0.4) is 0 Å². The fourth-order valence-corrected chi connectivity index (χ4v) is 1.89. The summed E-state index contributed by atoms with van der Waals surface area (Å²) in [6, 6.07) is 6.68. The van der Waals surface area contributed by atoms with Crippen molar-refractivity contribution in [2.24, 2.45) is 0 Å². The number of nitrogens with zero attached hydrogens (tertiary/aromatic N) is 1. The molecule has 0 saturated heterocycles. The molecule has 0 bridgehead atoms. The van der Waals surface area contributed by atoms with Gasteiger partial charge in [0, 0.05) is 5.02 Å². The Morgan fingerprint density at radius 2 is 2.20 bits per heavy atom. The molecule has 1 aromatic carbocycles. The van der Waals surface area contributed by atoms with E-state index < -0.39 is 11.4 Å². The van der Waals surface area contributed by atoms with Crippen LogP contribution in [0.15, 0.2) is 18.2 Å². The lowest BCUT2D eigenvalue weighted by molar-refractivity contribution is 0.0697. The molecule has 76 valence electrons. The quantitative estimate of drug-likeness (QED) is 0.835. The second-order valence-corrected chi connectivity index (χ2v) is 4.10. The van der Waals surface area contributed by atoms with Gasteiger partial charge in [-0.2, -0.15) is 5.26 Å². The SMILES string of the molecule is N#CC1(c2cc(C(=O)O)ccc2Cl)CC1. The average Bonchev–Trinajstić information content (AvgIpc) is 2.99. The summed E-state index contributed by atoms with van der Waals surface area (Å²) in [7, 11) is 0. The molecule has 0 amide bonds. The van der Waals surface area contributed by atoms with Crippen molar-refractivity contribution in [1.29, 1.82) is 5.26 Å². The summed E-state index contributed by atoms with van der Waals surface area (Å²) in [5.41, 5.74) is 0.283. The lowest BCUT2D eigenvalue weighted by atomic mass is 9.96. The van der Waals surface area contributed by atoms with E-state index in [9.17, 15) is 4.79 Å². The molecular weight excluding hydrogens is 214 g/mol. The van der Waals surface area contributed by atoms with Crippen LogP contribution in [-0.2, 0) is 5.41 Å². The molecule has 3 nitrogen and oxygen atoms in total. The summed E-state index contributed by atoms with van der Waals surface area (Å²) >= 11 is 5.96. The first-order valence-electron chi connectivity index (χ1n) is 4.54. The molecule has 1 aromatic rings. The highest BCUT2D eigenvalue weighted by atomic mass is 35.5. The zero-order chi connectivity index (χ0) is 11.1. The molecular formula is C11H8ClNO2. The van der Waals surface area contributed by atoms with Gasteiger partial charge in [0.1, 0.15) is 0 Å². The lowest BCUT2D eigenvalue weighted by Crippen LogP contribution is -2.06. The van der Waals surface area contributed by atoms with Crippen molar-refractivity contribution in [3.8, 4) is 6.07 Å². The van der Waals surface area contributed by atoms with Gasteiger partial charge in [-0.3, -0.25) is 0 Å². The third-order valence-corrected chi connectivity index (χ3v) is 3.02. The molecule has 2 rings (SSSR count). The number of hydrogen-bond acceptors (Lipinski definition) is 2. The summed E-state index contributed by atoms with van der Waals surface area (Å²) in [6.07, 6.45) is 1.51. The number of carboxylic acid groups (broad SMARTS) is 1. The van der Waals surface area contributed by atoms with Crippen molar-refractivity contribution in [1.82, 2.24) is 0 Å². The number of carbonyl (C=O) groups is 1. The van der Waals surface area contributed by atoms with Crippen molar-refractivity contribution in [2.75, 3.05) is 0 Å². The third-order valence-electron chi connectivity index (χ3n) is 2.69. The zero-order valence-corrected chi connectivity index (χ0v) is 8.58. The fourth-order valence-electron chi connectivity index (χ4n) is 1.59. The Kier molecular flexibility index (Phi) is 2.17. The molecule has 4 heteroatoms. The van der Waals surface area contributed by atoms with Crippen LogP contribution in [0.5, 0.6) is 0 Å². The molecule has 0 atom stereocenters. The Bertz CT molecular complexity index is 472. The minimum Gasteiger partial charge on any atom is -0.478 e. The largest absolute Gasteiger partial charge is 0.478 e. The Hall–Kier alpha value is -1.53. The fraction of sp³-hybridized carbons (Fsp3) is 0.273. The molecule has 0 heterocycles. The molecule has 15 heavy (non-hydrogen) atoms. The van der Waals surface area contributed by atoms with Crippen molar-refractivity contribution in [3.63, 3.8) is 0 Å². The summed E-state index contributed by atoms with van der Waals surface area (Å²) in [6.45, 7) is 0. The van der Waals surface area contributed by atoms with Crippen molar-refractivity contribution in [3.05, 3.63) is 34.3 Å². The van der Waals surface area contributed by atoms with Crippen LogP contribution in [-0.4, -0.2) is 11.1 Å². The highest BCUT2D eigenvalue weighted by Gasteiger charge is 2.46. The average molecular weight is 222 g/mol. The Morgan fingerprint density at radius 1 is 1.53 bits per heavy atom. The Morgan fingerprint density at radius 3 is 2.67 bits per heavy atom. The first-order chi connectivity index (χ1) is 7.09. The summed E-state index contributed by atoms with van der Waals surface area (Å²) < 4.78 is 0. The number of hydrogen-bond donors (Lipinski definition) is 1. The van der Waals surface area contributed by atoms with Crippen LogP contribution in [0.2, 0.25) is 5.02 Å². The van der Waals surface area contributed by atoms with Crippen molar-refractivity contribution >= 4 is 17.6 Å².